The lowest BCUT2D eigenvalue weighted by atomic mass is 10.2. The van der Waals surface area contributed by atoms with Gasteiger partial charge in [-0.15, -0.1) is 0 Å². The van der Waals surface area contributed by atoms with Crippen LogP contribution in [-0.2, 0) is 14.3 Å². The first-order chi connectivity index (χ1) is 6.66. The van der Waals surface area contributed by atoms with Gasteiger partial charge in [-0.05, 0) is 6.92 Å². The quantitative estimate of drug-likeness (QED) is 0.651. The standard InChI is InChI=1S/C9H18N2O3/c1-7-5-14-4-3-11(7)9(12)8(10)6-13-2/h7-8H,3-6,10H2,1-2H3/t7-,8?/m1/s1. The van der Waals surface area contributed by atoms with Gasteiger partial charge in [-0.25, -0.2) is 0 Å². The molecular formula is C9H18N2O3. The molecule has 0 spiro atoms. The number of nitrogens with zero attached hydrogens (tertiary/aromatic N) is 1. The Morgan fingerprint density at radius 2 is 2.50 bits per heavy atom. The maximum absolute atomic E-state index is 11.8. The molecule has 0 radical (unpaired) electrons. The van der Waals surface area contributed by atoms with Gasteiger partial charge in [0.05, 0.1) is 25.9 Å². The average Bonchev–Trinajstić information content (AvgIpc) is 2.18. The fraction of sp³-hybridized carbons (Fsp3) is 0.889. The first-order valence-corrected chi connectivity index (χ1v) is 4.79. The second kappa shape index (κ2) is 5.29. The Kier molecular flexibility index (Phi) is 4.31. The summed E-state index contributed by atoms with van der Waals surface area (Å²) in [4.78, 5) is 13.5. The van der Waals surface area contributed by atoms with Gasteiger partial charge in [0.15, 0.2) is 0 Å². The normalized spacial score (nSPS) is 24.8. The van der Waals surface area contributed by atoms with Gasteiger partial charge in [0, 0.05) is 13.7 Å². The number of hydrogen-bond donors (Lipinski definition) is 1. The maximum Gasteiger partial charge on any atom is 0.242 e. The smallest absolute Gasteiger partial charge is 0.242 e. The molecule has 0 aromatic heterocycles. The molecule has 0 bridgehead atoms. The highest BCUT2D eigenvalue weighted by Crippen LogP contribution is 2.07. The topological polar surface area (TPSA) is 64.8 Å². The van der Waals surface area contributed by atoms with E-state index in [2.05, 4.69) is 0 Å². The van der Waals surface area contributed by atoms with Gasteiger partial charge in [0.1, 0.15) is 6.04 Å². The average molecular weight is 202 g/mol. The maximum atomic E-state index is 11.8. The Bertz CT molecular complexity index is 198. The molecule has 1 saturated heterocycles. The molecule has 14 heavy (non-hydrogen) atoms. The molecule has 0 aliphatic carbocycles. The first-order valence-electron chi connectivity index (χ1n) is 4.79. The Balaban J connectivity index is 2.49. The Morgan fingerprint density at radius 1 is 1.79 bits per heavy atom. The van der Waals surface area contributed by atoms with Crippen molar-refractivity contribution in [1.82, 2.24) is 4.90 Å². The van der Waals surface area contributed by atoms with Crippen molar-refractivity contribution >= 4 is 5.91 Å². The Labute approximate surface area is 84.1 Å². The van der Waals surface area contributed by atoms with Crippen LogP contribution in [0.1, 0.15) is 6.92 Å². The van der Waals surface area contributed by atoms with Crippen molar-refractivity contribution < 1.29 is 14.3 Å². The largest absolute Gasteiger partial charge is 0.383 e. The predicted molar refractivity (Wildman–Crippen MR) is 51.8 cm³/mol. The molecular weight excluding hydrogens is 184 g/mol. The van der Waals surface area contributed by atoms with E-state index in [0.717, 1.165) is 0 Å². The molecule has 0 aromatic rings. The lowest BCUT2D eigenvalue weighted by Gasteiger charge is -2.34. The molecule has 1 amide bonds. The molecule has 82 valence electrons. The fourth-order valence-corrected chi connectivity index (χ4v) is 1.52. The van der Waals surface area contributed by atoms with Crippen molar-refractivity contribution in [3.63, 3.8) is 0 Å². The van der Waals surface area contributed by atoms with Crippen LogP contribution in [0.2, 0.25) is 0 Å². The van der Waals surface area contributed by atoms with E-state index < -0.39 is 6.04 Å². The van der Waals surface area contributed by atoms with Crippen LogP contribution in [0.15, 0.2) is 0 Å². The second-order valence-corrected chi connectivity index (χ2v) is 3.52. The number of amides is 1. The number of carbonyl (C=O) groups excluding carboxylic acids is 1. The SMILES string of the molecule is COCC(N)C(=O)N1CCOC[C@H]1C. The number of rotatable bonds is 3. The third kappa shape index (κ3) is 2.67. The van der Waals surface area contributed by atoms with E-state index in [1.54, 1.807) is 4.90 Å². The van der Waals surface area contributed by atoms with Gasteiger partial charge in [-0.3, -0.25) is 4.79 Å². The van der Waals surface area contributed by atoms with Crippen LogP contribution in [0.4, 0.5) is 0 Å². The van der Waals surface area contributed by atoms with Gasteiger partial charge in [0.25, 0.3) is 0 Å². The number of ether oxygens (including phenoxy) is 2. The van der Waals surface area contributed by atoms with E-state index in [4.69, 9.17) is 15.2 Å². The van der Waals surface area contributed by atoms with E-state index in [9.17, 15) is 4.79 Å². The number of carbonyl (C=O) groups is 1. The number of methoxy groups -OCH3 is 1. The predicted octanol–water partition coefficient (Wildman–Crippen LogP) is -0.793. The van der Waals surface area contributed by atoms with Crippen LogP contribution in [0, 0.1) is 0 Å². The van der Waals surface area contributed by atoms with Gasteiger partial charge >= 0.3 is 0 Å². The summed E-state index contributed by atoms with van der Waals surface area (Å²) in [5, 5.41) is 0. The van der Waals surface area contributed by atoms with Gasteiger partial charge in [-0.1, -0.05) is 0 Å². The summed E-state index contributed by atoms with van der Waals surface area (Å²) in [5.74, 6) is -0.0531. The van der Waals surface area contributed by atoms with Crippen molar-refractivity contribution in [3.8, 4) is 0 Å². The minimum Gasteiger partial charge on any atom is -0.383 e. The van der Waals surface area contributed by atoms with E-state index in [-0.39, 0.29) is 18.6 Å². The number of hydrogen-bond acceptors (Lipinski definition) is 4. The van der Waals surface area contributed by atoms with Gasteiger partial charge in [-0.2, -0.15) is 0 Å². The summed E-state index contributed by atoms with van der Waals surface area (Å²) in [5.41, 5.74) is 5.66. The molecule has 5 heteroatoms. The van der Waals surface area contributed by atoms with E-state index >= 15 is 0 Å². The van der Waals surface area contributed by atoms with Crippen molar-refractivity contribution in [2.75, 3.05) is 33.5 Å². The van der Waals surface area contributed by atoms with Crippen LogP contribution < -0.4 is 5.73 Å². The first kappa shape index (κ1) is 11.4. The molecule has 1 heterocycles. The molecule has 2 atom stereocenters. The summed E-state index contributed by atoms with van der Waals surface area (Å²) in [6.45, 7) is 4.03. The molecule has 0 saturated carbocycles. The van der Waals surface area contributed by atoms with E-state index in [1.165, 1.54) is 7.11 Å². The zero-order valence-electron chi connectivity index (χ0n) is 8.73. The highest BCUT2D eigenvalue weighted by atomic mass is 16.5. The van der Waals surface area contributed by atoms with Crippen LogP contribution in [0.5, 0.6) is 0 Å². The molecule has 1 aliphatic rings. The minimum absolute atomic E-state index is 0.0531. The molecule has 5 nitrogen and oxygen atoms in total. The van der Waals surface area contributed by atoms with Crippen LogP contribution >= 0.6 is 0 Å². The Morgan fingerprint density at radius 3 is 3.07 bits per heavy atom. The lowest BCUT2D eigenvalue weighted by Crippen LogP contribution is -2.54. The second-order valence-electron chi connectivity index (χ2n) is 3.52. The van der Waals surface area contributed by atoms with Gasteiger partial charge in [0.2, 0.25) is 5.91 Å². The molecule has 1 aliphatic heterocycles. The van der Waals surface area contributed by atoms with Crippen molar-refractivity contribution in [2.45, 2.75) is 19.0 Å². The van der Waals surface area contributed by atoms with Crippen LogP contribution in [-0.4, -0.2) is 56.4 Å². The molecule has 0 aromatic carbocycles. The fourth-order valence-electron chi connectivity index (χ4n) is 1.52. The number of nitrogens with two attached hydrogens (primary N) is 1. The van der Waals surface area contributed by atoms with Gasteiger partial charge < -0.3 is 20.1 Å². The molecule has 2 N–H and O–H groups in total. The highest BCUT2D eigenvalue weighted by molar-refractivity contribution is 5.82. The monoisotopic (exact) mass is 202 g/mol. The van der Waals surface area contributed by atoms with Crippen LogP contribution in [0.3, 0.4) is 0 Å². The number of morpholine rings is 1. The minimum atomic E-state index is -0.555. The summed E-state index contributed by atoms with van der Waals surface area (Å²) in [6, 6.07) is -0.445. The lowest BCUT2D eigenvalue weighted by molar-refractivity contribution is -0.141. The zero-order chi connectivity index (χ0) is 10.6. The van der Waals surface area contributed by atoms with Crippen LogP contribution in [0.25, 0.3) is 0 Å². The molecule has 1 fully saturated rings. The Hall–Kier alpha value is -0.650. The summed E-state index contributed by atoms with van der Waals surface area (Å²) >= 11 is 0. The van der Waals surface area contributed by atoms with Crippen molar-refractivity contribution in [1.29, 1.82) is 0 Å². The van der Waals surface area contributed by atoms with E-state index in [0.29, 0.717) is 19.8 Å². The summed E-state index contributed by atoms with van der Waals surface area (Å²) in [7, 11) is 1.54. The van der Waals surface area contributed by atoms with Crippen molar-refractivity contribution in [2.24, 2.45) is 5.73 Å². The summed E-state index contributed by atoms with van der Waals surface area (Å²) in [6.07, 6.45) is 0. The molecule has 1 rings (SSSR count). The third-order valence-electron chi connectivity index (χ3n) is 2.31. The van der Waals surface area contributed by atoms with Crippen molar-refractivity contribution in [3.05, 3.63) is 0 Å². The third-order valence-corrected chi connectivity index (χ3v) is 2.31. The highest BCUT2D eigenvalue weighted by Gasteiger charge is 2.27. The zero-order valence-corrected chi connectivity index (χ0v) is 8.73. The summed E-state index contributed by atoms with van der Waals surface area (Å²) < 4.78 is 10.1. The van der Waals surface area contributed by atoms with E-state index in [1.807, 2.05) is 6.92 Å². The molecule has 1 unspecified atom stereocenters.